The number of carbonyl (C=O) groups is 2. The molecule has 0 atom stereocenters. The molecule has 0 unspecified atom stereocenters. The second-order valence-corrected chi connectivity index (χ2v) is 2.47. The van der Waals surface area contributed by atoms with E-state index >= 15 is 0 Å². The van der Waals surface area contributed by atoms with Gasteiger partial charge in [0.15, 0.2) is 0 Å². The number of hydrogen-bond acceptors (Lipinski definition) is 4. The van der Waals surface area contributed by atoms with Crippen LogP contribution in [0, 0.1) is 18.3 Å². The van der Waals surface area contributed by atoms with Gasteiger partial charge in [-0.1, -0.05) is 5.92 Å². The first-order valence-corrected chi connectivity index (χ1v) is 3.79. The molecule has 0 rings (SSSR count). The lowest BCUT2D eigenvalue weighted by molar-refractivity contribution is -0.144. The molecule has 0 aliphatic heterocycles. The van der Waals surface area contributed by atoms with Gasteiger partial charge >= 0.3 is 11.9 Å². The lowest BCUT2D eigenvalue weighted by Crippen LogP contribution is -2.17. The fourth-order valence-corrected chi connectivity index (χ4v) is 0.580. The van der Waals surface area contributed by atoms with Gasteiger partial charge in [-0.25, -0.2) is 0 Å². The fourth-order valence-electron chi connectivity index (χ4n) is 0.580. The third-order valence-electron chi connectivity index (χ3n) is 1.21. The second kappa shape index (κ2) is 6.06. The quantitative estimate of drug-likeness (QED) is 0.467. The maximum absolute atomic E-state index is 10.4. The molecule has 0 aliphatic rings. The molecule has 0 aliphatic carbocycles. The topological polar surface area (TPSA) is 52.6 Å². The highest BCUT2D eigenvalue weighted by atomic mass is 16.5. The highest BCUT2D eigenvalue weighted by Crippen LogP contribution is 1.97. The first-order chi connectivity index (χ1) is 6.06. The molecule has 0 saturated carbocycles. The van der Waals surface area contributed by atoms with Gasteiger partial charge in [-0.2, -0.15) is 0 Å². The number of hydrogen-bond donors (Lipinski definition) is 0. The Balaban J connectivity index is 3.71. The molecular weight excluding hydrogens is 172 g/mol. The van der Waals surface area contributed by atoms with E-state index in [0.717, 1.165) is 0 Å². The molecule has 4 heteroatoms. The van der Waals surface area contributed by atoms with Crippen molar-refractivity contribution < 1.29 is 19.1 Å². The number of carbonyl (C=O) groups excluding carboxylic acids is 2. The smallest absolute Gasteiger partial charge is 0.302 e. The SMILES string of the molecule is C#CC(COC(C)=O)COC(C)=O. The van der Waals surface area contributed by atoms with Crippen LogP contribution in [0.3, 0.4) is 0 Å². The summed E-state index contributed by atoms with van der Waals surface area (Å²) < 4.78 is 9.31. The number of rotatable bonds is 4. The summed E-state index contributed by atoms with van der Waals surface area (Å²) in [6.07, 6.45) is 5.11. The van der Waals surface area contributed by atoms with Gasteiger partial charge in [0.2, 0.25) is 0 Å². The molecule has 0 fully saturated rings. The van der Waals surface area contributed by atoms with Crippen LogP contribution in [0.1, 0.15) is 13.8 Å². The third-order valence-corrected chi connectivity index (χ3v) is 1.21. The second-order valence-electron chi connectivity index (χ2n) is 2.47. The Kier molecular flexibility index (Phi) is 5.37. The number of esters is 2. The van der Waals surface area contributed by atoms with Crippen molar-refractivity contribution in [1.29, 1.82) is 0 Å². The van der Waals surface area contributed by atoms with E-state index < -0.39 is 11.9 Å². The van der Waals surface area contributed by atoms with Gasteiger partial charge in [-0.3, -0.25) is 9.59 Å². The van der Waals surface area contributed by atoms with E-state index in [2.05, 4.69) is 15.4 Å². The molecule has 0 bridgehead atoms. The van der Waals surface area contributed by atoms with Crippen LogP contribution in [-0.4, -0.2) is 25.2 Å². The molecule has 4 nitrogen and oxygen atoms in total. The summed E-state index contributed by atoms with van der Waals surface area (Å²) >= 11 is 0. The van der Waals surface area contributed by atoms with E-state index in [1.165, 1.54) is 13.8 Å². The summed E-state index contributed by atoms with van der Waals surface area (Å²) in [5.74, 6) is 1.19. The zero-order chi connectivity index (χ0) is 10.3. The zero-order valence-corrected chi connectivity index (χ0v) is 7.70. The van der Waals surface area contributed by atoms with Gasteiger partial charge in [0.1, 0.15) is 13.2 Å². The van der Waals surface area contributed by atoms with Crippen molar-refractivity contribution in [2.45, 2.75) is 13.8 Å². The maximum Gasteiger partial charge on any atom is 0.302 e. The van der Waals surface area contributed by atoms with Crippen molar-refractivity contribution in [1.82, 2.24) is 0 Å². The van der Waals surface area contributed by atoms with Crippen molar-refractivity contribution in [2.24, 2.45) is 5.92 Å². The van der Waals surface area contributed by atoms with E-state index in [1.54, 1.807) is 0 Å². The van der Waals surface area contributed by atoms with E-state index in [4.69, 9.17) is 6.42 Å². The first-order valence-electron chi connectivity index (χ1n) is 3.79. The average molecular weight is 184 g/mol. The molecular formula is C9H12O4. The van der Waals surface area contributed by atoms with E-state index in [1.807, 2.05) is 0 Å². The number of ether oxygens (including phenoxy) is 2. The predicted molar refractivity (Wildman–Crippen MR) is 45.6 cm³/mol. The highest BCUT2D eigenvalue weighted by molar-refractivity contribution is 5.66. The summed E-state index contributed by atoms with van der Waals surface area (Å²) in [5.41, 5.74) is 0. The third kappa shape index (κ3) is 6.88. The summed E-state index contributed by atoms with van der Waals surface area (Å²) in [4.78, 5) is 20.8. The predicted octanol–water partition coefficient (Wildman–Crippen LogP) is 0.362. The minimum absolute atomic E-state index is 0.0825. The largest absolute Gasteiger partial charge is 0.464 e. The van der Waals surface area contributed by atoms with Crippen molar-refractivity contribution in [3.63, 3.8) is 0 Å². The molecule has 0 aromatic heterocycles. The van der Waals surface area contributed by atoms with E-state index in [0.29, 0.717) is 0 Å². The van der Waals surface area contributed by atoms with Gasteiger partial charge < -0.3 is 9.47 Å². The average Bonchev–Trinajstić information content (AvgIpc) is 2.04. The van der Waals surface area contributed by atoms with E-state index in [-0.39, 0.29) is 19.1 Å². The molecule has 0 aromatic rings. The van der Waals surface area contributed by atoms with Crippen LogP contribution >= 0.6 is 0 Å². The standard InChI is InChI=1S/C9H12O4/c1-4-9(5-12-7(2)10)6-13-8(3)11/h1,9H,5-6H2,2-3H3. The summed E-state index contributed by atoms with van der Waals surface area (Å²) in [7, 11) is 0. The Hall–Kier alpha value is -1.50. The van der Waals surface area contributed by atoms with Gasteiger partial charge in [-0.15, -0.1) is 6.42 Å². The van der Waals surface area contributed by atoms with E-state index in [9.17, 15) is 9.59 Å². The maximum atomic E-state index is 10.4. The van der Waals surface area contributed by atoms with Crippen LogP contribution in [0.5, 0.6) is 0 Å². The van der Waals surface area contributed by atoms with Crippen LogP contribution in [-0.2, 0) is 19.1 Å². The minimum Gasteiger partial charge on any atom is -0.464 e. The summed E-state index contributed by atoms with van der Waals surface area (Å²) in [6, 6.07) is 0. The van der Waals surface area contributed by atoms with Crippen LogP contribution in [0.2, 0.25) is 0 Å². The summed E-state index contributed by atoms with van der Waals surface area (Å²) in [5, 5.41) is 0. The Morgan fingerprint density at radius 1 is 1.23 bits per heavy atom. The Bertz CT molecular complexity index is 208. The summed E-state index contributed by atoms with van der Waals surface area (Å²) in [6.45, 7) is 2.75. The van der Waals surface area contributed by atoms with Crippen LogP contribution < -0.4 is 0 Å². The normalized spacial score (nSPS) is 9.08. The van der Waals surface area contributed by atoms with Gasteiger partial charge in [-0.05, 0) is 0 Å². The Morgan fingerprint density at radius 2 is 1.62 bits per heavy atom. The van der Waals surface area contributed by atoms with Crippen molar-refractivity contribution in [2.75, 3.05) is 13.2 Å². The van der Waals surface area contributed by atoms with Crippen molar-refractivity contribution in [3.8, 4) is 12.3 Å². The monoisotopic (exact) mass is 184 g/mol. The zero-order valence-electron chi connectivity index (χ0n) is 7.70. The Morgan fingerprint density at radius 3 is 1.85 bits per heavy atom. The molecule has 72 valence electrons. The molecule has 0 radical (unpaired) electrons. The minimum atomic E-state index is -0.400. The molecule has 0 spiro atoms. The molecule has 0 aromatic carbocycles. The lowest BCUT2D eigenvalue weighted by Gasteiger charge is -2.09. The Labute approximate surface area is 77.2 Å². The van der Waals surface area contributed by atoms with Crippen LogP contribution in [0.25, 0.3) is 0 Å². The van der Waals surface area contributed by atoms with Gasteiger partial charge in [0.05, 0.1) is 5.92 Å². The first kappa shape index (κ1) is 11.5. The molecule has 0 heterocycles. The fraction of sp³-hybridized carbons (Fsp3) is 0.556. The molecule has 13 heavy (non-hydrogen) atoms. The van der Waals surface area contributed by atoms with Crippen LogP contribution in [0.4, 0.5) is 0 Å². The highest BCUT2D eigenvalue weighted by Gasteiger charge is 2.08. The lowest BCUT2D eigenvalue weighted by atomic mass is 10.2. The molecule has 0 N–H and O–H groups in total. The van der Waals surface area contributed by atoms with Crippen molar-refractivity contribution >= 4 is 11.9 Å². The van der Waals surface area contributed by atoms with Crippen LogP contribution in [0.15, 0.2) is 0 Å². The molecule has 0 amide bonds. The van der Waals surface area contributed by atoms with Gasteiger partial charge in [0.25, 0.3) is 0 Å². The number of terminal acetylenes is 1. The van der Waals surface area contributed by atoms with Gasteiger partial charge in [0, 0.05) is 13.8 Å². The van der Waals surface area contributed by atoms with Crippen molar-refractivity contribution in [3.05, 3.63) is 0 Å². The molecule has 0 saturated heterocycles.